The highest BCUT2D eigenvalue weighted by Crippen LogP contribution is 2.40. The molecule has 6 heterocycles. The number of piperidine rings is 1. The van der Waals surface area contributed by atoms with E-state index in [0.29, 0.717) is 50.6 Å². The van der Waals surface area contributed by atoms with E-state index in [0.717, 1.165) is 57.8 Å². The molecule has 4 aliphatic heterocycles. The number of rotatable bonds is 8. The lowest BCUT2D eigenvalue weighted by Crippen LogP contribution is -2.57. The number of hydrogen-bond donors (Lipinski definition) is 0. The Hall–Kier alpha value is -2.97. The molecule has 1 spiro atoms. The Morgan fingerprint density at radius 3 is 2.47 bits per heavy atom. The number of piperazine rings is 1. The van der Waals surface area contributed by atoms with E-state index in [1.54, 1.807) is 0 Å². The van der Waals surface area contributed by atoms with Crippen LogP contribution in [-0.2, 0) is 9.47 Å². The van der Waals surface area contributed by atoms with Gasteiger partial charge in [-0.25, -0.2) is 19.0 Å². The molecule has 6 rings (SSSR count). The summed E-state index contributed by atoms with van der Waals surface area (Å²) in [7, 11) is -1.27. The van der Waals surface area contributed by atoms with Crippen molar-refractivity contribution in [3.63, 3.8) is 0 Å². The van der Waals surface area contributed by atoms with Crippen LogP contribution < -0.4 is 9.64 Å². The Morgan fingerprint density at radius 1 is 1.04 bits per heavy atom. The topological polar surface area (TPSA) is 113 Å². The molecule has 0 radical (unpaired) electrons. The summed E-state index contributed by atoms with van der Waals surface area (Å²) in [5.41, 5.74) is -0.476. The maximum Gasteiger partial charge on any atom is 0.410 e. The second-order valence-electron chi connectivity index (χ2n) is 16.5. The minimum Gasteiger partial charge on any atom is -0.462 e. The fraction of sp³-hybridized carbons (Fsp3) is 0.735. The van der Waals surface area contributed by atoms with Crippen LogP contribution in [0.5, 0.6) is 6.01 Å². The largest absolute Gasteiger partial charge is 0.462 e. The first-order valence-corrected chi connectivity index (χ1v) is 21.7. The van der Waals surface area contributed by atoms with Gasteiger partial charge in [-0.15, -0.1) is 0 Å². The number of carbonyl (C=O) groups excluding carboxylic acids is 2. The summed E-state index contributed by atoms with van der Waals surface area (Å²) in [4.78, 5) is 47.3. The Morgan fingerprint density at radius 2 is 1.78 bits per heavy atom. The zero-order valence-electron chi connectivity index (χ0n) is 29.8. The molecule has 12 nitrogen and oxygen atoms in total. The number of likely N-dealkylation sites (tertiary alicyclic amines) is 2. The van der Waals surface area contributed by atoms with Gasteiger partial charge in [0.25, 0.3) is 0 Å². The summed E-state index contributed by atoms with van der Waals surface area (Å²) in [6.45, 7) is 18.2. The van der Waals surface area contributed by atoms with Crippen molar-refractivity contribution in [1.82, 2.24) is 29.7 Å². The molecule has 15 heteroatoms. The van der Waals surface area contributed by atoms with E-state index in [2.05, 4.69) is 39.4 Å². The molecule has 2 aromatic rings. The quantitative estimate of drug-likeness (QED) is 0.236. The van der Waals surface area contributed by atoms with Gasteiger partial charge in [-0.1, -0.05) is 31.2 Å². The molecule has 2 amide bonds. The predicted octanol–water partition coefficient (Wildman–Crippen LogP) is 6.05. The van der Waals surface area contributed by atoms with E-state index >= 15 is 4.39 Å². The zero-order valence-corrected chi connectivity index (χ0v) is 31.5. The molecule has 4 saturated heterocycles. The molecule has 4 fully saturated rings. The first kappa shape index (κ1) is 35.8. The number of hydrogen-bond acceptors (Lipinski definition) is 10. The van der Waals surface area contributed by atoms with E-state index in [1.165, 1.54) is 6.20 Å². The molecular weight excluding hydrogens is 669 g/mol. The third-order valence-corrected chi connectivity index (χ3v) is 12.1. The van der Waals surface area contributed by atoms with Crippen molar-refractivity contribution >= 4 is 48.6 Å². The highest BCUT2D eigenvalue weighted by atomic mass is 35.5. The van der Waals surface area contributed by atoms with Crippen LogP contribution in [0.4, 0.5) is 19.8 Å². The lowest BCUT2D eigenvalue weighted by atomic mass is 9.79. The number of carbonyl (C=O) groups is 2. The standard InChI is InChI=1S/C34H51ClFN7O5Si/c1-33(2,3)48-32(45)43-23-8-9-24(43)20-42(19-23)29-25-18-37-28(35)26(36)27(25)38-30(39-29)46-15-14-40-13-11-34(21-40)10-7-12-41(22-34)31(44)47-16-17-49(4,5)6/h18,23-24H,7-17,19-22H2,1-6H3/t23-,24+,34-/m0/s1. The number of anilines is 1. The number of fused-ring (bicyclic) bond motifs is 3. The number of pyridine rings is 1. The molecule has 2 bridgehead atoms. The molecule has 0 aromatic carbocycles. The van der Waals surface area contributed by atoms with E-state index in [4.69, 9.17) is 30.8 Å². The van der Waals surface area contributed by atoms with Gasteiger partial charge in [-0.05, 0) is 65.5 Å². The molecule has 3 atom stereocenters. The van der Waals surface area contributed by atoms with Gasteiger partial charge in [0.2, 0.25) is 0 Å². The molecule has 270 valence electrons. The lowest BCUT2D eigenvalue weighted by Gasteiger charge is -2.42. The van der Waals surface area contributed by atoms with Crippen LogP contribution in [-0.4, -0.2) is 127 Å². The van der Waals surface area contributed by atoms with Crippen molar-refractivity contribution in [3.05, 3.63) is 17.2 Å². The minimum atomic E-state index is -1.27. The van der Waals surface area contributed by atoms with Gasteiger partial charge < -0.3 is 24.0 Å². The predicted molar refractivity (Wildman–Crippen MR) is 189 cm³/mol. The van der Waals surface area contributed by atoms with Gasteiger partial charge in [-0.3, -0.25) is 9.80 Å². The smallest absolute Gasteiger partial charge is 0.410 e. The SMILES string of the molecule is CC(C)(C)OC(=O)N1[C@@H]2CC[C@H]1CN(c1nc(OCCN3CC[C@@]4(CCCN(C(=O)OCC[Si](C)(C)C)C4)C3)nc3c(F)c(Cl)ncc13)C2. The zero-order chi connectivity index (χ0) is 35.1. The summed E-state index contributed by atoms with van der Waals surface area (Å²) in [5, 5.41) is 0.184. The molecule has 0 unspecified atom stereocenters. The van der Waals surface area contributed by atoms with Crippen LogP contribution in [0, 0.1) is 11.2 Å². The molecular formula is C34H51ClFN7O5Si. The molecule has 49 heavy (non-hydrogen) atoms. The fourth-order valence-electron chi connectivity index (χ4n) is 7.71. The number of nitrogens with zero attached hydrogens (tertiary/aromatic N) is 7. The van der Waals surface area contributed by atoms with Crippen molar-refractivity contribution in [2.24, 2.45) is 5.41 Å². The van der Waals surface area contributed by atoms with Crippen molar-refractivity contribution < 1.29 is 28.2 Å². The first-order chi connectivity index (χ1) is 23.1. The monoisotopic (exact) mass is 719 g/mol. The van der Waals surface area contributed by atoms with Crippen molar-refractivity contribution in [1.29, 1.82) is 0 Å². The molecule has 4 aliphatic rings. The van der Waals surface area contributed by atoms with Gasteiger partial charge in [0, 0.05) is 59.0 Å². The van der Waals surface area contributed by atoms with Crippen molar-refractivity contribution in [3.8, 4) is 6.01 Å². The number of halogens is 2. The number of amides is 2. The average Bonchev–Trinajstić information content (AvgIpc) is 3.53. The van der Waals surface area contributed by atoms with Gasteiger partial charge in [-0.2, -0.15) is 9.97 Å². The van der Waals surface area contributed by atoms with E-state index in [-0.39, 0.29) is 46.4 Å². The summed E-state index contributed by atoms with van der Waals surface area (Å²) in [5.74, 6) is -0.201. The van der Waals surface area contributed by atoms with Crippen molar-refractivity contribution in [2.75, 3.05) is 63.9 Å². The van der Waals surface area contributed by atoms with Gasteiger partial charge in [0.05, 0.1) is 24.1 Å². The average molecular weight is 720 g/mol. The second-order valence-corrected chi connectivity index (χ2v) is 22.4. The summed E-state index contributed by atoms with van der Waals surface area (Å²) in [6, 6.07) is 0.928. The van der Waals surface area contributed by atoms with E-state index in [1.807, 2.05) is 30.6 Å². The molecule has 0 aliphatic carbocycles. The van der Waals surface area contributed by atoms with Crippen LogP contribution in [0.1, 0.15) is 52.9 Å². The maximum atomic E-state index is 15.3. The molecule has 2 aromatic heterocycles. The van der Waals surface area contributed by atoms with Crippen LogP contribution in [0.25, 0.3) is 10.9 Å². The first-order valence-electron chi connectivity index (χ1n) is 17.6. The second kappa shape index (κ2) is 14.0. The van der Waals surface area contributed by atoms with Gasteiger partial charge in [0.1, 0.15) is 23.5 Å². The Bertz CT molecular complexity index is 1540. The van der Waals surface area contributed by atoms with Crippen molar-refractivity contribution in [2.45, 2.75) is 96.2 Å². The number of aromatic nitrogens is 3. The van der Waals surface area contributed by atoms with Crippen LogP contribution in [0.2, 0.25) is 30.8 Å². The Kier molecular flexibility index (Phi) is 10.2. The normalized spacial score (nSPS) is 24.6. The third kappa shape index (κ3) is 8.33. The highest BCUT2D eigenvalue weighted by Gasteiger charge is 2.45. The molecule has 0 N–H and O–H groups in total. The van der Waals surface area contributed by atoms with Crippen LogP contribution in [0.15, 0.2) is 6.20 Å². The Labute approximate surface area is 294 Å². The molecule has 0 saturated carbocycles. The Balaban J connectivity index is 1.09. The highest BCUT2D eigenvalue weighted by molar-refractivity contribution is 6.76. The van der Waals surface area contributed by atoms with E-state index < -0.39 is 19.5 Å². The van der Waals surface area contributed by atoms with E-state index in [9.17, 15) is 9.59 Å². The van der Waals surface area contributed by atoms with Crippen LogP contribution >= 0.6 is 11.6 Å². The fourth-order valence-corrected chi connectivity index (χ4v) is 8.56. The van der Waals surface area contributed by atoms with Crippen LogP contribution in [0.3, 0.4) is 0 Å². The maximum absolute atomic E-state index is 15.3. The summed E-state index contributed by atoms with van der Waals surface area (Å²) >= 11 is 6.08. The third-order valence-electron chi connectivity index (χ3n) is 10.1. The van der Waals surface area contributed by atoms with Gasteiger partial charge in [0.15, 0.2) is 11.0 Å². The summed E-state index contributed by atoms with van der Waals surface area (Å²) in [6.07, 6.45) is 5.76. The number of ether oxygens (including phenoxy) is 3. The van der Waals surface area contributed by atoms with Gasteiger partial charge >= 0.3 is 18.2 Å². The summed E-state index contributed by atoms with van der Waals surface area (Å²) < 4.78 is 32.8. The minimum absolute atomic E-state index is 0.0519. The lowest BCUT2D eigenvalue weighted by molar-refractivity contribution is 0.0122.